The zero-order chi connectivity index (χ0) is 18.2. The normalized spacial score (nSPS) is 19.6. The molecule has 0 aliphatic carbocycles. The van der Waals surface area contributed by atoms with Crippen LogP contribution in [0.3, 0.4) is 0 Å². The summed E-state index contributed by atoms with van der Waals surface area (Å²) < 4.78 is 3.34. The number of aromatic nitrogens is 2. The van der Waals surface area contributed by atoms with Crippen molar-refractivity contribution in [2.45, 2.75) is 39.7 Å². The molecule has 1 aromatic heterocycles. The van der Waals surface area contributed by atoms with Crippen LogP contribution in [-0.2, 0) is 11.8 Å². The predicted molar refractivity (Wildman–Crippen MR) is 99.2 cm³/mol. The van der Waals surface area contributed by atoms with Gasteiger partial charge in [-0.3, -0.25) is 14.3 Å². The Kier molecular flexibility index (Phi) is 4.56. The largest absolute Gasteiger partial charge is 0.319 e. The van der Waals surface area contributed by atoms with Crippen molar-refractivity contribution >= 4 is 11.6 Å². The van der Waals surface area contributed by atoms with Crippen LogP contribution in [0.1, 0.15) is 32.4 Å². The molecule has 1 amide bonds. The van der Waals surface area contributed by atoms with E-state index in [-0.39, 0.29) is 22.9 Å². The van der Waals surface area contributed by atoms with Crippen molar-refractivity contribution in [1.29, 1.82) is 0 Å². The third-order valence-corrected chi connectivity index (χ3v) is 5.19. The van der Waals surface area contributed by atoms with Crippen LogP contribution < -0.4 is 16.2 Å². The van der Waals surface area contributed by atoms with Crippen LogP contribution in [0.25, 0.3) is 5.69 Å². The number of carbonyl (C=O) groups is 1. The molecule has 6 nitrogen and oxygen atoms in total. The lowest BCUT2D eigenvalue weighted by Crippen LogP contribution is -2.53. The number of piperidine rings is 1. The second-order valence-electron chi connectivity index (χ2n) is 7.41. The topological polar surface area (TPSA) is 68.1 Å². The van der Waals surface area contributed by atoms with Crippen LogP contribution in [0.5, 0.6) is 0 Å². The molecule has 134 valence electrons. The van der Waals surface area contributed by atoms with Gasteiger partial charge in [0, 0.05) is 7.05 Å². The minimum atomic E-state index is -0.301. The average Bonchev–Trinajstić information content (AvgIpc) is 2.78. The van der Waals surface area contributed by atoms with Gasteiger partial charge in [0.1, 0.15) is 5.69 Å². The molecule has 1 atom stereocenters. The van der Waals surface area contributed by atoms with Gasteiger partial charge in [-0.25, -0.2) is 4.68 Å². The number of para-hydroxylation sites is 1. The van der Waals surface area contributed by atoms with Crippen molar-refractivity contribution in [1.82, 2.24) is 14.7 Å². The molecule has 25 heavy (non-hydrogen) atoms. The highest BCUT2D eigenvalue weighted by atomic mass is 16.2. The quantitative estimate of drug-likeness (QED) is 0.898. The van der Waals surface area contributed by atoms with Gasteiger partial charge in [0.2, 0.25) is 5.91 Å². The van der Waals surface area contributed by atoms with Gasteiger partial charge in [0.05, 0.1) is 17.4 Å². The SMILES string of the molecule is Cc1c(NC(=O)C2NCCCC2(C)C)c(=O)n(-c2ccccc2)n1C. The van der Waals surface area contributed by atoms with Gasteiger partial charge in [-0.1, -0.05) is 32.0 Å². The lowest BCUT2D eigenvalue weighted by atomic mass is 9.77. The standard InChI is InChI=1S/C19H26N4O2/c1-13-15(21-17(24)16-19(2,3)11-8-12-20-16)18(25)23(22(13)4)14-9-6-5-7-10-14/h5-7,9-10,16,20H,8,11-12H2,1-4H3,(H,21,24). The van der Waals surface area contributed by atoms with E-state index in [1.54, 1.807) is 9.36 Å². The van der Waals surface area contributed by atoms with Crippen molar-refractivity contribution in [3.05, 3.63) is 46.4 Å². The first kappa shape index (κ1) is 17.5. The number of rotatable bonds is 3. The van der Waals surface area contributed by atoms with E-state index >= 15 is 0 Å². The van der Waals surface area contributed by atoms with E-state index in [0.29, 0.717) is 5.69 Å². The zero-order valence-corrected chi connectivity index (χ0v) is 15.3. The maximum atomic E-state index is 12.9. The summed E-state index contributed by atoms with van der Waals surface area (Å²) >= 11 is 0. The molecule has 0 radical (unpaired) electrons. The molecule has 3 rings (SSSR count). The maximum absolute atomic E-state index is 12.9. The summed E-state index contributed by atoms with van der Waals surface area (Å²) in [6.45, 7) is 6.84. The van der Waals surface area contributed by atoms with E-state index in [0.717, 1.165) is 30.8 Å². The molecule has 1 saturated heterocycles. The molecule has 2 aromatic rings. The number of nitrogens with zero attached hydrogens (tertiary/aromatic N) is 2. The van der Waals surface area contributed by atoms with E-state index < -0.39 is 0 Å². The van der Waals surface area contributed by atoms with E-state index in [4.69, 9.17) is 0 Å². The maximum Gasteiger partial charge on any atom is 0.295 e. The molecular formula is C19H26N4O2. The van der Waals surface area contributed by atoms with Crippen LogP contribution in [0.4, 0.5) is 5.69 Å². The molecule has 2 heterocycles. The second kappa shape index (κ2) is 6.52. The van der Waals surface area contributed by atoms with Crippen LogP contribution in [-0.4, -0.2) is 27.9 Å². The summed E-state index contributed by atoms with van der Waals surface area (Å²) in [6, 6.07) is 9.12. The van der Waals surface area contributed by atoms with Crippen LogP contribution in [0, 0.1) is 12.3 Å². The molecule has 6 heteroatoms. The summed E-state index contributed by atoms with van der Waals surface area (Å²) in [5, 5.41) is 6.17. The fourth-order valence-electron chi connectivity index (χ4n) is 3.57. The van der Waals surface area contributed by atoms with Crippen LogP contribution >= 0.6 is 0 Å². The molecule has 1 unspecified atom stereocenters. The van der Waals surface area contributed by atoms with Gasteiger partial charge in [-0.15, -0.1) is 0 Å². The van der Waals surface area contributed by atoms with Crippen molar-refractivity contribution in [2.24, 2.45) is 12.5 Å². The highest BCUT2D eigenvalue weighted by molar-refractivity contribution is 5.95. The Morgan fingerprint density at radius 2 is 1.96 bits per heavy atom. The molecule has 1 fully saturated rings. The van der Waals surface area contributed by atoms with Crippen LogP contribution in [0.2, 0.25) is 0 Å². The van der Waals surface area contributed by atoms with Gasteiger partial charge >= 0.3 is 0 Å². The number of carbonyl (C=O) groups excluding carboxylic acids is 1. The van der Waals surface area contributed by atoms with Gasteiger partial charge in [0.15, 0.2) is 0 Å². The number of nitrogens with one attached hydrogen (secondary N) is 2. The first-order chi connectivity index (χ1) is 11.8. The van der Waals surface area contributed by atoms with Crippen molar-refractivity contribution in [2.75, 3.05) is 11.9 Å². The number of amides is 1. The first-order valence-electron chi connectivity index (χ1n) is 8.71. The van der Waals surface area contributed by atoms with E-state index in [9.17, 15) is 9.59 Å². The number of benzene rings is 1. The zero-order valence-electron chi connectivity index (χ0n) is 15.3. The predicted octanol–water partition coefficient (Wildman–Crippen LogP) is 2.20. The molecule has 0 saturated carbocycles. The van der Waals surface area contributed by atoms with E-state index in [1.807, 2.05) is 44.3 Å². The third kappa shape index (κ3) is 3.14. The summed E-state index contributed by atoms with van der Waals surface area (Å²) in [5.74, 6) is -0.143. The van der Waals surface area contributed by atoms with Gasteiger partial charge in [-0.05, 0) is 43.9 Å². The van der Waals surface area contributed by atoms with Crippen molar-refractivity contribution in [3.8, 4) is 5.69 Å². The van der Waals surface area contributed by atoms with Crippen molar-refractivity contribution < 1.29 is 4.79 Å². The summed E-state index contributed by atoms with van der Waals surface area (Å²) in [6.07, 6.45) is 2.04. The monoisotopic (exact) mass is 342 g/mol. The lowest BCUT2D eigenvalue weighted by molar-refractivity contribution is -0.121. The van der Waals surface area contributed by atoms with Crippen LogP contribution in [0.15, 0.2) is 35.1 Å². The molecular weight excluding hydrogens is 316 g/mol. The smallest absolute Gasteiger partial charge is 0.295 e. The summed E-state index contributed by atoms with van der Waals surface area (Å²) in [5.41, 5.74) is 1.50. The number of anilines is 1. The second-order valence-corrected chi connectivity index (χ2v) is 7.41. The summed E-state index contributed by atoms with van der Waals surface area (Å²) in [7, 11) is 1.82. The minimum absolute atomic E-state index is 0.135. The third-order valence-electron chi connectivity index (χ3n) is 5.19. The van der Waals surface area contributed by atoms with E-state index in [1.165, 1.54) is 0 Å². The Hall–Kier alpha value is -2.34. The summed E-state index contributed by atoms with van der Waals surface area (Å²) in [4.78, 5) is 25.7. The lowest BCUT2D eigenvalue weighted by Gasteiger charge is -2.38. The Morgan fingerprint density at radius 3 is 2.60 bits per heavy atom. The number of hydrogen-bond acceptors (Lipinski definition) is 3. The Balaban J connectivity index is 1.94. The minimum Gasteiger partial charge on any atom is -0.319 e. The van der Waals surface area contributed by atoms with Gasteiger partial charge < -0.3 is 10.6 Å². The Bertz CT molecular complexity index is 833. The average molecular weight is 342 g/mol. The van der Waals surface area contributed by atoms with Crippen molar-refractivity contribution in [3.63, 3.8) is 0 Å². The van der Waals surface area contributed by atoms with Gasteiger partial charge in [-0.2, -0.15) is 0 Å². The van der Waals surface area contributed by atoms with Gasteiger partial charge in [0.25, 0.3) is 5.56 Å². The highest BCUT2D eigenvalue weighted by Gasteiger charge is 2.37. The fourth-order valence-corrected chi connectivity index (χ4v) is 3.57. The molecule has 2 N–H and O–H groups in total. The molecule has 1 aliphatic rings. The molecule has 0 bridgehead atoms. The fraction of sp³-hybridized carbons (Fsp3) is 0.474. The Morgan fingerprint density at radius 1 is 1.28 bits per heavy atom. The Labute approximate surface area is 147 Å². The molecule has 1 aliphatic heterocycles. The molecule has 0 spiro atoms. The highest BCUT2D eigenvalue weighted by Crippen LogP contribution is 2.30. The van der Waals surface area contributed by atoms with E-state index in [2.05, 4.69) is 24.5 Å². The number of hydrogen-bond donors (Lipinski definition) is 2. The first-order valence-corrected chi connectivity index (χ1v) is 8.71. The molecule has 1 aromatic carbocycles.